The molecule has 1 aromatic heterocycles. The summed E-state index contributed by atoms with van der Waals surface area (Å²) in [6.07, 6.45) is 3.51. The Balaban J connectivity index is 1.69. The Morgan fingerprint density at radius 3 is 2.90 bits per heavy atom. The van der Waals surface area contributed by atoms with Crippen LogP contribution in [-0.4, -0.2) is 20.8 Å². The van der Waals surface area contributed by atoms with Gasteiger partial charge in [0.15, 0.2) is 5.82 Å². The lowest BCUT2D eigenvalue weighted by molar-refractivity contribution is 0.499. The van der Waals surface area contributed by atoms with Gasteiger partial charge < -0.3 is 0 Å². The van der Waals surface area contributed by atoms with Gasteiger partial charge in [-0.1, -0.05) is 17.7 Å². The minimum atomic E-state index is -0.246. The fraction of sp³-hybridized carbons (Fsp3) is 0.429. The molecule has 1 saturated heterocycles. The number of nitrogens with one attached hydrogen (secondary N) is 3. The number of benzene rings is 1. The molecule has 1 aromatic carbocycles. The van der Waals surface area contributed by atoms with Gasteiger partial charge in [0.2, 0.25) is 0 Å². The predicted octanol–water partition coefficient (Wildman–Crippen LogP) is 1.53. The van der Waals surface area contributed by atoms with Crippen molar-refractivity contribution in [1.29, 1.82) is 0 Å². The number of nitrogens with zero attached hydrogens (tertiary/aromatic N) is 2. The molecule has 1 aliphatic heterocycles. The van der Waals surface area contributed by atoms with Crippen LogP contribution in [0.25, 0.3) is 5.69 Å². The van der Waals surface area contributed by atoms with Crippen molar-refractivity contribution in [2.24, 2.45) is 5.92 Å². The Hall–Kier alpha value is -1.63. The van der Waals surface area contributed by atoms with Crippen molar-refractivity contribution in [3.63, 3.8) is 0 Å². The smallest absolute Gasteiger partial charge is 0.254 e. The molecule has 7 heteroatoms. The third kappa shape index (κ3) is 2.39. The topological polar surface area (TPSA) is 74.7 Å². The van der Waals surface area contributed by atoms with E-state index < -0.39 is 0 Å². The van der Waals surface area contributed by atoms with Crippen LogP contribution >= 0.6 is 11.6 Å². The van der Waals surface area contributed by atoms with E-state index in [1.807, 2.05) is 12.1 Å². The lowest BCUT2D eigenvalue weighted by Crippen LogP contribution is -2.32. The molecule has 0 radical (unpaired) electrons. The molecule has 2 heterocycles. The maximum atomic E-state index is 12.1. The standard InChI is InChI=1S/C14H16ClN5O/c15-9-2-1-3-10(6-9)20-13(18-19-14(20)21)12-7-11(16-17-12)8-4-5-8/h1-3,6,8,11-12,16-17H,4-5,7H2,(H,19,21). The minimum Gasteiger partial charge on any atom is -0.254 e. The highest BCUT2D eigenvalue weighted by molar-refractivity contribution is 6.30. The van der Waals surface area contributed by atoms with Crippen molar-refractivity contribution in [2.75, 3.05) is 0 Å². The van der Waals surface area contributed by atoms with Gasteiger partial charge in [0.25, 0.3) is 0 Å². The zero-order chi connectivity index (χ0) is 14.4. The molecule has 1 saturated carbocycles. The number of aromatic amines is 1. The van der Waals surface area contributed by atoms with Gasteiger partial charge in [-0.3, -0.25) is 5.43 Å². The molecule has 2 fully saturated rings. The molecule has 21 heavy (non-hydrogen) atoms. The van der Waals surface area contributed by atoms with Crippen LogP contribution < -0.4 is 16.5 Å². The van der Waals surface area contributed by atoms with Gasteiger partial charge in [-0.15, -0.1) is 0 Å². The molecule has 2 atom stereocenters. The summed E-state index contributed by atoms with van der Waals surface area (Å²) < 4.78 is 1.58. The quantitative estimate of drug-likeness (QED) is 0.804. The van der Waals surface area contributed by atoms with Crippen molar-refractivity contribution in [3.8, 4) is 5.69 Å². The lowest BCUT2D eigenvalue weighted by atomic mass is 10.1. The summed E-state index contributed by atoms with van der Waals surface area (Å²) in [5.74, 6) is 1.45. The van der Waals surface area contributed by atoms with Crippen LogP contribution in [0.4, 0.5) is 0 Å². The maximum Gasteiger partial charge on any atom is 0.347 e. The number of hydrogen-bond donors (Lipinski definition) is 3. The Morgan fingerprint density at radius 2 is 2.14 bits per heavy atom. The molecular weight excluding hydrogens is 290 g/mol. The van der Waals surface area contributed by atoms with Crippen LogP contribution in [-0.2, 0) is 0 Å². The molecule has 110 valence electrons. The largest absolute Gasteiger partial charge is 0.347 e. The van der Waals surface area contributed by atoms with Crippen LogP contribution in [0, 0.1) is 5.92 Å². The first-order chi connectivity index (χ1) is 10.2. The second kappa shape index (κ2) is 4.98. The second-order valence-corrected chi connectivity index (χ2v) is 6.16. The van der Waals surface area contributed by atoms with Gasteiger partial charge in [0.05, 0.1) is 11.7 Å². The van der Waals surface area contributed by atoms with E-state index in [0.717, 1.165) is 18.0 Å². The van der Waals surface area contributed by atoms with Crippen molar-refractivity contribution in [3.05, 3.63) is 45.6 Å². The van der Waals surface area contributed by atoms with E-state index in [4.69, 9.17) is 11.6 Å². The van der Waals surface area contributed by atoms with Crippen LogP contribution in [0.2, 0.25) is 5.02 Å². The molecular formula is C14H16ClN5O. The normalized spacial score (nSPS) is 25.4. The molecule has 2 aromatic rings. The number of hydrazine groups is 1. The van der Waals surface area contributed by atoms with Crippen LogP contribution in [0.5, 0.6) is 0 Å². The number of aromatic nitrogens is 3. The average Bonchev–Trinajstić information content (AvgIpc) is 3.07. The summed E-state index contributed by atoms with van der Waals surface area (Å²) in [7, 11) is 0. The van der Waals surface area contributed by atoms with E-state index >= 15 is 0 Å². The van der Waals surface area contributed by atoms with Crippen molar-refractivity contribution < 1.29 is 0 Å². The molecule has 3 N–H and O–H groups in total. The van der Waals surface area contributed by atoms with Gasteiger partial charge in [-0.2, -0.15) is 5.10 Å². The summed E-state index contributed by atoms with van der Waals surface area (Å²) in [5, 5.41) is 7.33. The first-order valence-electron chi connectivity index (χ1n) is 7.16. The number of halogens is 1. The summed E-state index contributed by atoms with van der Waals surface area (Å²) in [5.41, 5.74) is 7.06. The minimum absolute atomic E-state index is 0.0218. The summed E-state index contributed by atoms with van der Waals surface area (Å²) >= 11 is 6.03. The van der Waals surface area contributed by atoms with Crippen LogP contribution in [0.3, 0.4) is 0 Å². The Bertz CT molecular complexity index is 720. The summed E-state index contributed by atoms with van der Waals surface area (Å²) in [6, 6.07) is 7.72. The zero-order valence-electron chi connectivity index (χ0n) is 11.3. The van der Waals surface area contributed by atoms with Gasteiger partial charge in [-0.25, -0.2) is 19.9 Å². The first-order valence-corrected chi connectivity index (χ1v) is 7.54. The van der Waals surface area contributed by atoms with Crippen molar-refractivity contribution in [2.45, 2.75) is 31.3 Å². The first kappa shape index (κ1) is 13.1. The Morgan fingerprint density at radius 1 is 1.29 bits per heavy atom. The van der Waals surface area contributed by atoms with E-state index in [1.54, 1.807) is 16.7 Å². The van der Waals surface area contributed by atoms with Crippen LogP contribution in [0.15, 0.2) is 29.1 Å². The SMILES string of the molecule is O=c1[nH]nc(C2CC(C3CC3)NN2)n1-c1cccc(Cl)c1. The van der Waals surface area contributed by atoms with Crippen LogP contribution in [0.1, 0.15) is 31.1 Å². The molecule has 0 spiro atoms. The highest BCUT2D eigenvalue weighted by Gasteiger charge is 2.38. The fourth-order valence-electron chi connectivity index (χ4n) is 2.97. The fourth-order valence-corrected chi connectivity index (χ4v) is 3.15. The molecule has 4 rings (SSSR count). The molecule has 0 amide bonds. The highest BCUT2D eigenvalue weighted by Crippen LogP contribution is 2.38. The van der Waals surface area contributed by atoms with Crippen molar-refractivity contribution in [1.82, 2.24) is 25.6 Å². The molecule has 2 unspecified atom stereocenters. The predicted molar refractivity (Wildman–Crippen MR) is 79.3 cm³/mol. The van der Waals surface area contributed by atoms with Gasteiger partial charge in [-0.05, 0) is 43.4 Å². The molecule has 1 aliphatic carbocycles. The number of rotatable bonds is 3. The van der Waals surface area contributed by atoms with E-state index in [2.05, 4.69) is 21.0 Å². The van der Waals surface area contributed by atoms with E-state index in [9.17, 15) is 4.79 Å². The lowest BCUT2D eigenvalue weighted by Gasteiger charge is -2.11. The maximum absolute atomic E-state index is 12.1. The average molecular weight is 306 g/mol. The number of hydrogen-bond acceptors (Lipinski definition) is 4. The molecule has 6 nitrogen and oxygen atoms in total. The summed E-state index contributed by atoms with van der Waals surface area (Å²) in [6.45, 7) is 0. The van der Waals surface area contributed by atoms with E-state index in [0.29, 0.717) is 16.9 Å². The zero-order valence-corrected chi connectivity index (χ0v) is 12.1. The Labute approximate surface area is 126 Å². The Kier molecular flexibility index (Phi) is 3.10. The third-order valence-corrected chi connectivity index (χ3v) is 4.44. The van der Waals surface area contributed by atoms with Gasteiger partial charge in [0.1, 0.15) is 0 Å². The van der Waals surface area contributed by atoms with E-state index in [-0.39, 0.29) is 11.7 Å². The molecule has 0 bridgehead atoms. The number of H-pyrrole nitrogens is 1. The van der Waals surface area contributed by atoms with Crippen molar-refractivity contribution >= 4 is 11.6 Å². The molecule has 2 aliphatic rings. The second-order valence-electron chi connectivity index (χ2n) is 5.72. The summed E-state index contributed by atoms with van der Waals surface area (Å²) in [4.78, 5) is 12.1. The highest BCUT2D eigenvalue weighted by atomic mass is 35.5. The monoisotopic (exact) mass is 305 g/mol. The van der Waals surface area contributed by atoms with E-state index in [1.165, 1.54) is 12.8 Å². The van der Waals surface area contributed by atoms with Gasteiger partial charge >= 0.3 is 5.69 Å². The van der Waals surface area contributed by atoms with Gasteiger partial charge in [0, 0.05) is 11.1 Å². The third-order valence-electron chi connectivity index (χ3n) is 4.20.